The zero-order chi connectivity index (χ0) is 16.7. The maximum Gasteiger partial charge on any atom is 0.364 e. The van der Waals surface area contributed by atoms with Crippen molar-refractivity contribution in [2.24, 2.45) is 0 Å². The molecule has 0 fully saturated rings. The minimum absolute atomic E-state index is 0.217. The number of para-hydroxylation sites is 1. The smallest absolute Gasteiger partial charge is 0.324 e. The monoisotopic (exact) mass is 318 g/mol. The van der Waals surface area contributed by atoms with Gasteiger partial charge >= 0.3 is 5.97 Å². The molecule has 0 N–H and O–H groups in total. The fourth-order valence-electron chi connectivity index (χ4n) is 2.66. The molecule has 2 amide bonds. The number of imide groups is 1. The van der Waals surface area contributed by atoms with Crippen LogP contribution in [-0.4, -0.2) is 27.8 Å². The fourth-order valence-corrected chi connectivity index (χ4v) is 2.66. The van der Waals surface area contributed by atoms with Gasteiger partial charge in [-0.2, -0.15) is 0 Å². The van der Waals surface area contributed by atoms with Crippen LogP contribution in [0.15, 0.2) is 60.8 Å². The largest absolute Gasteiger partial charge is 0.364 e. The third-order valence-corrected chi connectivity index (χ3v) is 3.80. The lowest BCUT2D eigenvalue weighted by atomic mass is 10.1. The summed E-state index contributed by atoms with van der Waals surface area (Å²) in [5.41, 5.74) is 1.29. The Morgan fingerprint density at radius 1 is 0.875 bits per heavy atom. The van der Waals surface area contributed by atoms with Gasteiger partial charge in [0.2, 0.25) is 0 Å². The van der Waals surface area contributed by atoms with E-state index in [1.165, 1.54) is 24.4 Å². The Morgan fingerprint density at radius 2 is 1.50 bits per heavy atom. The normalized spacial score (nSPS) is 13.2. The van der Waals surface area contributed by atoms with Crippen molar-refractivity contribution in [1.82, 2.24) is 10.0 Å². The number of hydrogen-bond donors (Lipinski definition) is 0. The Labute approximate surface area is 136 Å². The van der Waals surface area contributed by atoms with Crippen molar-refractivity contribution in [3.05, 3.63) is 77.5 Å². The van der Waals surface area contributed by atoms with Gasteiger partial charge in [0.25, 0.3) is 11.8 Å². The van der Waals surface area contributed by atoms with E-state index in [-0.39, 0.29) is 16.7 Å². The lowest BCUT2D eigenvalue weighted by Gasteiger charge is -2.13. The highest BCUT2D eigenvalue weighted by molar-refractivity contribution is 6.21. The number of benzene rings is 2. The van der Waals surface area contributed by atoms with Gasteiger partial charge in [0.15, 0.2) is 0 Å². The summed E-state index contributed by atoms with van der Waals surface area (Å²) in [6, 6.07) is 14.9. The zero-order valence-electron chi connectivity index (χ0n) is 12.3. The van der Waals surface area contributed by atoms with Gasteiger partial charge in [0.05, 0.1) is 22.2 Å². The van der Waals surface area contributed by atoms with Gasteiger partial charge in [0.1, 0.15) is 0 Å². The molecule has 116 valence electrons. The Kier molecular flexibility index (Phi) is 3.09. The predicted octanol–water partition coefficient (Wildman–Crippen LogP) is 2.60. The second kappa shape index (κ2) is 5.27. The minimum atomic E-state index is -0.789. The number of hydroxylamine groups is 2. The summed E-state index contributed by atoms with van der Waals surface area (Å²) in [6.45, 7) is 0. The third kappa shape index (κ3) is 2.04. The first-order chi connectivity index (χ1) is 11.7. The lowest BCUT2D eigenvalue weighted by molar-refractivity contribution is -0.0583. The molecular weight excluding hydrogens is 308 g/mol. The molecule has 0 unspecified atom stereocenters. The van der Waals surface area contributed by atoms with E-state index in [0.717, 1.165) is 0 Å². The second-order valence-electron chi connectivity index (χ2n) is 5.20. The molecule has 3 aromatic rings. The summed E-state index contributed by atoms with van der Waals surface area (Å²) in [5, 5.41) is 1.09. The molecule has 0 spiro atoms. The second-order valence-corrected chi connectivity index (χ2v) is 5.20. The number of nitrogens with zero attached hydrogens (tertiary/aromatic N) is 2. The average Bonchev–Trinajstić information content (AvgIpc) is 2.86. The van der Waals surface area contributed by atoms with E-state index >= 15 is 0 Å². The third-order valence-electron chi connectivity index (χ3n) is 3.80. The van der Waals surface area contributed by atoms with Crippen LogP contribution in [0, 0.1) is 0 Å². The summed E-state index contributed by atoms with van der Waals surface area (Å²) in [4.78, 5) is 46.2. The van der Waals surface area contributed by atoms with Crippen molar-refractivity contribution in [3.63, 3.8) is 0 Å². The van der Waals surface area contributed by atoms with Gasteiger partial charge < -0.3 is 4.84 Å². The Hall–Kier alpha value is -3.54. The first kappa shape index (κ1) is 14.1. The molecule has 0 saturated heterocycles. The van der Waals surface area contributed by atoms with E-state index in [1.807, 2.05) is 0 Å². The molecule has 0 aliphatic carbocycles. The highest BCUT2D eigenvalue weighted by atomic mass is 16.7. The lowest BCUT2D eigenvalue weighted by Crippen LogP contribution is -2.32. The number of carbonyl (C=O) groups excluding carboxylic acids is 3. The van der Waals surface area contributed by atoms with E-state index in [9.17, 15) is 14.4 Å². The summed E-state index contributed by atoms with van der Waals surface area (Å²) < 4.78 is 0. The van der Waals surface area contributed by atoms with Crippen LogP contribution in [0.25, 0.3) is 10.9 Å². The highest BCUT2D eigenvalue weighted by Gasteiger charge is 2.38. The summed E-state index contributed by atoms with van der Waals surface area (Å²) in [5.74, 6) is -2.09. The fraction of sp³-hybridized carbons (Fsp3) is 0. The maximum absolute atomic E-state index is 12.5. The Balaban J connectivity index is 1.68. The van der Waals surface area contributed by atoms with Crippen molar-refractivity contribution >= 4 is 28.7 Å². The van der Waals surface area contributed by atoms with Crippen molar-refractivity contribution in [3.8, 4) is 0 Å². The van der Waals surface area contributed by atoms with Crippen LogP contribution in [0.3, 0.4) is 0 Å². The number of rotatable bonds is 2. The van der Waals surface area contributed by atoms with Gasteiger partial charge in [-0.3, -0.25) is 14.6 Å². The number of fused-ring (bicyclic) bond motifs is 2. The van der Waals surface area contributed by atoms with Crippen LogP contribution in [0.2, 0.25) is 0 Å². The van der Waals surface area contributed by atoms with Crippen molar-refractivity contribution in [1.29, 1.82) is 0 Å². The maximum atomic E-state index is 12.5. The number of hydrogen-bond acceptors (Lipinski definition) is 5. The summed E-state index contributed by atoms with van der Waals surface area (Å²) in [7, 11) is 0. The molecule has 0 radical (unpaired) electrons. The van der Waals surface area contributed by atoms with E-state index in [4.69, 9.17) is 4.84 Å². The van der Waals surface area contributed by atoms with Crippen molar-refractivity contribution < 1.29 is 19.2 Å². The number of carbonyl (C=O) groups is 3. The highest BCUT2D eigenvalue weighted by Crippen LogP contribution is 2.24. The molecule has 1 aliphatic heterocycles. The van der Waals surface area contributed by atoms with Crippen LogP contribution in [0.4, 0.5) is 0 Å². The zero-order valence-corrected chi connectivity index (χ0v) is 12.3. The molecule has 24 heavy (non-hydrogen) atoms. The van der Waals surface area contributed by atoms with Gasteiger partial charge in [-0.05, 0) is 24.3 Å². The molecule has 2 heterocycles. The van der Waals surface area contributed by atoms with Gasteiger partial charge in [0, 0.05) is 11.6 Å². The van der Waals surface area contributed by atoms with Crippen LogP contribution in [0.1, 0.15) is 31.1 Å². The van der Waals surface area contributed by atoms with E-state index in [0.29, 0.717) is 16.0 Å². The molecule has 6 heteroatoms. The number of amides is 2. The quantitative estimate of drug-likeness (QED) is 0.679. The van der Waals surface area contributed by atoms with Crippen LogP contribution >= 0.6 is 0 Å². The van der Waals surface area contributed by atoms with E-state index in [1.54, 1.807) is 36.4 Å². The van der Waals surface area contributed by atoms with E-state index in [2.05, 4.69) is 4.98 Å². The van der Waals surface area contributed by atoms with Crippen LogP contribution in [0.5, 0.6) is 0 Å². The molecule has 0 atom stereocenters. The standard InChI is InChI=1S/C18H10N2O4/c21-16-12-6-1-2-7-13(12)17(22)20(16)24-18(23)14-9-10-19-15-8-4-3-5-11(14)15/h1-10H. The van der Waals surface area contributed by atoms with Crippen molar-refractivity contribution in [2.45, 2.75) is 0 Å². The van der Waals surface area contributed by atoms with Crippen LogP contribution in [-0.2, 0) is 4.84 Å². The number of aromatic nitrogens is 1. The molecule has 2 aromatic carbocycles. The first-order valence-electron chi connectivity index (χ1n) is 7.20. The topological polar surface area (TPSA) is 76.6 Å². The first-order valence-corrected chi connectivity index (χ1v) is 7.20. The minimum Gasteiger partial charge on any atom is -0.324 e. The molecule has 1 aromatic heterocycles. The Bertz CT molecular complexity index is 972. The van der Waals surface area contributed by atoms with Gasteiger partial charge in [-0.25, -0.2) is 4.79 Å². The van der Waals surface area contributed by atoms with Crippen LogP contribution < -0.4 is 0 Å². The molecule has 1 aliphatic rings. The van der Waals surface area contributed by atoms with Crippen molar-refractivity contribution in [2.75, 3.05) is 0 Å². The molecular formula is C18H10N2O4. The molecule has 4 rings (SSSR count). The summed E-state index contributed by atoms with van der Waals surface area (Å²) in [6.07, 6.45) is 1.47. The molecule has 0 bridgehead atoms. The predicted molar refractivity (Wildman–Crippen MR) is 84.1 cm³/mol. The van der Waals surface area contributed by atoms with Gasteiger partial charge in [-0.15, -0.1) is 0 Å². The SMILES string of the molecule is O=C(ON1C(=O)c2ccccc2C1=O)c1ccnc2ccccc12. The average molecular weight is 318 g/mol. The van der Waals surface area contributed by atoms with E-state index < -0.39 is 17.8 Å². The molecule has 6 nitrogen and oxygen atoms in total. The summed E-state index contributed by atoms with van der Waals surface area (Å²) >= 11 is 0. The Morgan fingerprint density at radius 3 is 2.21 bits per heavy atom. The van der Waals surface area contributed by atoms with Gasteiger partial charge in [-0.1, -0.05) is 35.4 Å². The number of pyridine rings is 1. The molecule has 0 saturated carbocycles.